The summed E-state index contributed by atoms with van der Waals surface area (Å²) in [5.41, 5.74) is 4.13. The number of carbonyl (C=O) groups is 6. The third-order valence-corrected chi connectivity index (χ3v) is 10.8. The van der Waals surface area contributed by atoms with Crippen LogP contribution in [0.4, 0.5) is 0 Å². The van der Waals surface area contributed by atoms with E-state index in [1.165, 1.54) is 42.3 Å². The Kier molecular flexibility index (Phi) is 21.1. The van der Waals surface area contributed by atoms with Crippen molar-refractivity contribution in [2.75, 3.05) is 13.2 Å². The highest BCUT2D eigenvalue weighted by Gasteiger charge is 2.38. The van der Waals surface area contributed by atoms with Gasteiger partial charge in [-0.2, -0.15) is 0 Å². The van der Waals surface area contributed by atoms with Crippen molar-refractivity contribution in [1.82, 2.24) is 21.1 Å². The zero-order chi connectivity index (χ0) is 45.1. The summed E-state index contributed by atoms with van der Waals surface area (Å²) in [6.07, 6.45) is 10.9. The highest BCUT2D eigenvalue weighted by Crippen LogP contribution is 2.24. The number of carbonyl (C=O) groups excluding carboxylic acids is 6. The van der Waals surface area contributed by atoms with Crippen molar-refractivity contribution < 1.29 is 53.6 Å². The lowest BCUT2D eigenvalue weighted by Gasteiger charge is -2.36. The number of ether oxygens (including phenoxy) is 2. The number of rotatable bonds is 13. The first-order chi connectivity index (χ1) is 29.0. The van der Waals surface area contributed by atoms with E-state index in [1.807, 2.05) is 0 Å². The topological polar surface area (TPSA) is 221 Å². The maximum Gasteiger partial charge on any atom is 0.330 e. The van der Waals surface area contributed by atoms with E-state index in [1.54, 1.807) is 64.1 Å². The minimum Gasteiger partial charge on any atom is -0.508 e. The van der Waals surface area contributed by atoms with Crippen LogP contribution in [-0.4, -0.2) is 105 Å². The second-order valence-corrected chi connectivity index (χ2v) is 16.3. The van der Waals surface area contributed by atoms with Crippen LogP contribution in [0.15, 0.2) is 72.4 Å². The SMILES string of the molecule is CCCCCOC(=O)/C=C/C=C(\C)[C@@H]1C/C=C/C=C/[C@H](O)[C@H](C)[C@@H](O)[C@@H](CCC(C)=O)C(=O)N[C@@H](C(C)C)C(=O)N[C@@H](Cc2cccc(O)c2)C(=O)N2CCCC(N2)C(=O)O1. The number of unbranched alkanes of at least 4 members (excludes halogenated alkanes) is 2. The number of hydrogen-bond acceptors (Lipinski definition) is 12. The quantitative estimate of drug-likeness (QED) is 0.0717. The fourth-order valence-electron chi connectivity index (χ4n) is 7.01. The predicted octanol–water partition coefficient (Wildman–Crippen LogP) is 4.06. The molecule has 15 nitrogen and oxygen atoms in total. The summed E-state index contributed by atoms with van der Waals surface area (Å²) in [7, 11) is 0. The summed E-state index contributed by atoms with van der Waals surface area (Å²) in [5, 5.41) is 39.6. The first kappa shape index (κ1) is 50.2. The number of fused-ring (bicyclic) bond motifs is 2. The van der Waals surface area contributed by atoms with Crippen LogP contribution in [0.2, 0.25) is 0 Å². The number of hydrazine groups is 1. The van der Waals surface area contributed by atoms with E-state index in [2.05, 4.69) is 23.0 Å². The van der Waals surface area contributed by atoms with Gasteiger partial charge in [0.25, 0.3) is 5.91 Å². The van der Waals surface area contributed by atoms with Crippen molar-refractivity contribution in [3.05, 3.63) is 77.9 Å². The van der Waals surface area contributed by atoms with Gasteiger partial charge in [0, 0.05) is 37.8 Å². The lowest BCUT2D eigenvalue weighted by atomic mass is 9.84. The van der Waals surface area contributed by atoms with E-state index in [-0.39, 0.29) is 43.8 Å². The van der Waals surface area contributed by atoms with Crippen molar-refractivity contribution in [2.24, 2.45) is 17.8 Å². The molecule has 336 valence electrons. The van der Waals surface area contributed by atoms with Gasteiger partial charge in [-0.1, -0.05) is 89.1 Å². The first-order valence-electron chi connectivity index (χ1n) is 21.4. The van der Waals surface area contributed by atoms with Crippen molar-refractivity contribution in [2.45, 2.75) is 136 Å². The molecule has 1 saturated heterocycles. The van der Waals surface area contributed by atoms with E-state index in [0.29, 0.717) is 30.6 Å². The van der Waals surface area contributed by atoms with Gasteiger partial charge in [0.15, 0.2) is 0 Å². The lowest BCUT2D eigenvalue weighted by Crippen LogP contribution is -2.62. The maximum absolute atomic E-state index is 14.3. The van der Waals surface area contributed by atoms with Gasteiger partial charge in [-0.15, -0.1) is 0 Å². The van der Waals surface area contributed by atoms with Crippen molar-refractivity contribution >= 4 is 35.4 Å². The van der Waals surface area contributed by atoms with Gasteiger partial charge in [0.1, 0.15) is 35.8 Å². The summed E-state index contributed by atoms with van der Waals surface area (Å²) in [4.78, 5) is 80.4. The summed E-state index contributed by atoms with van der Waals surface area (Å²) < 4.78 is 11.3. The number of nitrogens with one attached hydrogen (secondary N) is 3. The fraction of sp³-hybridized carbons (Fsp3) is 0.565. The van der Waals surface area contributed by atoms with Crippen LogP contribution in [0.3, 0.4) is 0 Å². The Hall–Kier alpha value is -5.12. The highest BCUT2D eigenvalue weighted by molar-refractivity contribution is 5.93. The number of aromatic hydroxyl groups is 1. The molecule has 2 bridgehead atoms. The van der Waals surface area contributed by atoms with Crippen LogP contribution in [-0.2, 0) is 44.7 Å². The molecule has 0 saturated carbocycles. The van der Waals surface area contributed by atoms with Gasteiger partial charge in [0.2, 0.25) is 11.8 Å². The molecule has 1 unspecified atom stereocenters. The molecule has 3 rings (SSSR count). The summed E-state index contributed by atoms with van der Waals surface area (Å²) in [6.45, 7) is 10.7. The number of amides is 3. The molecule has 2 aliphatic rings. The normalized spacial score (nSPS) is 27.6. The third-order valence-electron chi connectivity index (χ3n) is 10.8. The molecule has 3 amide bonds. The summed E-state index contributed by atoms with van der Waals surface area (Å²) >= 11 is 0. The Morgan fingerprint density at radius 1 is 1.05 bits per heavy atom. The van der Waals surface area contributed by atoms with Gasteiger partial charge in [0.05, 0.1) is 24.7 Å². The molecule has 15 heteroatoms. The van der Waals surface area contributed by atoms with Gasteiger partial charge < -0.3 is 40.2 Å². The number of allylic oxidation sites excluding steroid dienone is 4. The smallest absolute Gasteiger partial charge is 0.330 e. The van der Waals surface area contributed by atoms with E-state index in [0.717, 1.165) is 19.3 Å². The molecule has 1 aromatic rings. The third kappa shape index (κ3) is 16.7. The number of Topliss-reactive ketones (excluding diaryl/α,β-unsaturated/α-hetero) is 1. The largest absolute Gasteiger partial charge is 0.508 e. The second kappa shape index (κ2) is 25.6. The molecular formula is C46H66N4O11. The standard InChI is InChI=1S/C46H66N4O11/c1-7-8-12-26-60-40(54)22-13-16-30(4)39-21-11-9-10-20-38(53)32(6)42(55)35(24-23-31(5)51)43(56)48-41(29(2)3)44(57)47-37(28-33-17-14-18-34(52)27-33)45(58)50-25-15-19-36(49-50)46(59)61-39/h9-11,13-14,16-18,20,22,27,29,32,35-39,41-42,49,52-53,55H,7-8,12,15,19,21,23-26,28H2,1-6H3,(H,47,57)(H,48,56)/b11-9+,20-10+,22-13+,30-16+/t32-,35+,36?,37-,38-,39-,41-,42+/m0/s1. The van der Waals surface area contributed by atoms with Crippen LogP contribution in [0.25, 0.3) is 0 Å². The maximum atomic E-state index is 14.3. The monoisotopic (exact) mass is 850 g/mol. The molecule has 6 N–H and O–H groups in total. The molecule has 0 aliphatic carbocycles. The zero-order valence-electron chi connectivity index (χ0n) is 36.4. The number of phenols is 1. The minimum atomic E-state index is -1.42. The fourth-order valence-corrected chi connectivity index (χ4v) is 7.01. The Morgan fingerprint density at radius 2 is 1.80 bits per heavy atom. The molecule has 1 aromatic carbocycles. The van der Waals surface area contributed by atoms with E-state index in [9.17, 15) is 44.1 Å². The first-order valence-corrected chi connectivity index (χ1v) is 21.4. The Bertz CT molecular complexity index is 1770. The van der Waals surface area contributed by atoms with Crippen LogP contribution < -0.4 is 16.1 Å². The van der Waals surface area contributed by atoms with Gasteiger partial charge in [-0.25, -0.2) is 10.2 Å². The minimum absolute atomic E-state index is 0.0298. The van der Waals surface area contributed by atoms with E-state index < -0.39 is 83.9 Å². The summed E-state index contributed by atoms with van der Waals surface area (Å²) in [5.74, 6) is -5.89. The summed E-state index contributed by atoms with van der Waals surface area (Å²) in [6, 6.07) is 2.90. The van der Waals surface area contributed by atoms with Gasteiger partial charge >= 0.3 is 11.9 Å². The predicted molar refractivity (Wildman–Crippen MR) is 229 cm³/mol. The number of cyclic esters (lactones) is 1. The van der Waals surface area contributed by atoms with Crippen LogP contribution in [0.1, 0.15) is 98.5 Å². The Morgan fingerprint density at radius 3 is 2.49 bits per heavy atom. The average Bonchev–Trinajstić information content (AvgIpc) is 3.22. The second-order valence-electron chi connectivity index (χ2n) is 16.3. The number of nitrogens with zero attached hydrogens (tertiary/aromatic N) is 1. The number of aliphatic hydroxyl groups excluding tert-OH is 2. The van der Waals surface area contributed by atoms with Gasteiger partial charge in [-0.3, -0.25) is 24.2 Å². The van der Waals surface area contributed by atoms with Crippen LogP contribution in [0.5, 0.6) is 5.75 Å². The number of aliphatic hydroxyl groups is 2. The Labute approximate surface area is 359 Å². The molecule has 2 aliphatic heterocycles. The number of ketones is 1. The van der Waals surface area contributed by atoms with Crippen molar-refractivity contribution in [3.8, 4) is 5.75 Å². The van der Waals surface area contributed by atoms with E-state index in [4.69, 9.17) is 9.47 Å². The van der Waals surface area contributed by atoms with Crippen LogP contribution >= 0.6 is 0 Å². The molecule has 0 radical (unpaired) electrons. The van der Waals surface area contributed by atoms with Crippen molar-refractivity contribution in [3.63, 3.8) is 0 Å². The number of hydrogen-bond donors (Lipinski definition) is 6. The molecular weight excluding hydrogens is 785 g/mol. The van der Waals surface area contributed by atoms with Crippen LogP contribution in [0, 0.1) is 17.8 Å². The van der Waals surface area contributed by atoms with E-state index >= 15 is 0 Å². The molecule has 2 heterocycles. The molecule has 8 atom stereocenters. The Balaban J connectivity index is 2.04. The zero-order valence-corrected chi connectivity index (χ0v) is 36.4. The van der Waals surface area contributed by atoms with Crippen molar-refractivity contribution in [1.29, 1.82) is 0 Å². The van der Waals surface area contributed by atoms with Gasteiger partial charge in [-0.05, 0) is 68.7 Å². The number of esters is 2. The molecule has 0 spiro atoms. The molecule has 1 fully saturated rings. The lowest BCUT2D eigenvalue weighted by molar-refractivity contribution is -0.156. The molecule has 61 heavy (non-hydrogen) atoms. The number of phenolic OH excluding ortho intramolecular Hbond substituents is 1. The number of benzene rings is 1. The highest BCUT2D eigenvalue weighted by atomic mass is 16.5. The average molecular weight is 851 g/mol. The molecule has 0 aromatic heterocycles.